The van der Waals surface area contributed by atoms with Crippen LogP contribution in [0, 0.1) is 58.2 Å². The van der Waals surface area contributed by atoms with Crippen LogP contribution in [-0.2, 0) is 9.53 Å². The number of hydrogen-bond acceptors (Lipinski definition) is 2. The van der Waals surface area contributed by atoms with Gasteiger partial charge in [0.15, 0.2) is 0 Å². The molecule has 4 saturated carbocycles. The van der Waals surface area contributed by atoms with Crippen molar-refractivity contribution in [3.8, 4) is 11.8 Å². The minimum absolute atomic E-state index is 0.289. The van der Waals surface area contributed by atoms with Gasteiger partial charge in [-0.05, 0) is 91.8 Å². The monoisotopic (exact) mass is 370 g/mol. The van der Waals surface area contributed by atoms with Gasteiger partial charge in [-0.1, -0.05) is 39.5 Å². The molecule has 0 bridgehead atoms. The van der Waals surface area contributed by atoms with Gasteiger partial charge < -0.3 is 4.74 Å². The molecule has 0 N–H and O–H groups in total. The molecular weight excluding hydrogens is 332 g/mol. The third-order valence-corrected chi connectivity index (χ3v) is 9.85. The Morgan fingerprint density at radius 1 is 0.963 bits per heavy atom. The largest absolute Gasteiger partial charge is 0.459 e. The first-order valence-corrected chi connectivity index (χ1v) is 11.5. The van der Waals surface area contributed by atoms with Gasteiger partial charge in [-0.15, -0.1) is 0 Å². The van der Waals surface area contributed by atoms with Crippen LogP contribution in [0.4, 0.5) is 0 Å². The summed E-state index contributed by atoms with van der Waals surface area (Å²) in [5, 5.41) is 0. The van der Waals surface area contributed by atoms with E-state index in [0.29, 0.717) is 16.7 Å². The van der Waals surface area contributed by atoms with Crippen LogP contribution >= 0.6 is 0 Å². The fourth-order valence-corrected chi connectivity index (χ4v) is 8.48. The van der Waals surface area contributed by atoms with Crippen molar-refractivity contribution in [2.24, 2.45) is 46.3 Å². The van der Waals surface area contributed by atoms with Crippen LogP contribution in [0.15, 0.2) is 0 Å². The van der Waals surface area contributed by atoms with Gasteiger partial charge in [-0.25, -0.2) is 4.79 Å². The summed E-state index contributed by atoms with van der Waals surface area (Å²) < 4.78 is 4.71. The first-order chi connectivity index (χ1) is 12.9. The number of ether oxygens (including phenoxy) is 1. The zero-order valence-electron chi connectivity index (χ0n) is 17.9. The molecule has 0 aromatic carbocycles. The Morgan fingerprint density at radius 3 is 2.52 bits per heavy atom. The summed E-state index contributed by atoms with van der Waals surface area (Å²) >= 11 is 0. The molecule has 0 amide bonds. The average molecular weight is 371 g/mol. The van der Waals surface area contributed by atoms with Gasteiger partial charge in [0.05, 0.1) is 7.11 Å². The minimum atomic E-state index is -0.395. The average Bonchev–Trinajstić information content (AvgIpc) is 3.02. The Balaban J connectivity index is 1.54. The SMILES string of the molecule is COC(=O)C#C[C@@H](C)[C@H]1CC[C@H]2[C@@H]3CCC4CCCC[C@]4(C)[C@H]3CC[C@]12C. The molecule has 2 nitrogen and oxygen atoms in total. The number of hydrogen-bond donors (Lipinski definition) is 0. The fourth-order valence-electron chi connectivity index (χ4n) is 8.48. The Hall–Kier alpha value is -0.970. The van der Waals surface area contributed by atoms with E-state index in [2.05, 4.69) is 32.6 Å². The number of fused-ring (bicyclic) bond motifs is 5. The molecule has 4 fully saturated rings. The van der Waals surface area contributed by atoms with Gasteiger partial charge in [0, 0.05) is 11.8 Å². The standard InChI is InChI=1S/C25H38O2/c1-17(8-13-23(26)27-4)20-11-12-21-19-10-9-18-7-5-6-15-24(18,2)22(19)14-16-25(20,21)3/h17-22H,5-7,9-12,14-16H2,1-4H3/t17-,18?,19+,20-,21+,22+,24+,25-/m1/s1. The lowest BCUT2D eigenvalue weighted by Crippen LogP contribution is -2.53. The van der Waals surface area contributed by atoms with E-state index < -0.39 is 5.97 Å². The van der Waals surface area contributed by atoms with Crippen LogP contribution in [0.1, 0.15) is 85.0 Å². The lowest BCUT2D eigenvalue weighted by molar-refractivity contribution is -0.133. The van der Waals surface area contributed by atoms with Crippen LogP contribution in [0.5, 0.6) is 0 Å². The maximum atomic E-state index is 11.5. The number of methoxy groups -OCH3 is 1. The van der Waals surface area contributed by atoms with Crippen LogP contribution in [0.25, 0.3) is 0 Å². The first-order valence-electron chi connectivity index (χ1n) is 11.5. The maximum Gasteiger partial charge on any atom is 0.384 e. The summed E-state index contributed by atoms with van der Waals surface area (Å²) in [4.78, 5) is 11.5. The van der Waals surface area contributed by atoms with Crippen molar-refractivity contribution < 1.29 is 9.53 Å². The molecule has 8 atom stereocenters. The molecule has 0 heterocycles. The van der Waals surface area contributed by atoms with Crippen molar-refractivity contribution in [3.63, 3.8) is 0 Å². The second kappa shape index (κ2) is 7.13. The zero-order valence-corrected chi connectivity index (χ0v) is 17.9. The molecular formula is C25H38O2. The predicted molar refractivity (Wildman–Crippen MR) is 109 cm³/mol. The summed E-state index contributed by atoms with van der Waals surface area (Å²) in [7, 11) is 1.41. The van der Waals surface area contributed by atoms with Crippen LogP contribution in [0.3, 0.4) is 0 Å². The highest BCUT2D eigenvalue weighted by Crippen LogP contribution is 2.68. The lowest BCUT2D eigenvalue weighted by Gasteiger charge is -2.60. The molecule has 1 unspecified atom stereocenters. The predicted octanol–water partition coefficient (Wildman–Crippen LogP) is 5.85. The first kappa shape index (κ1) is 19.4. The van der Waals surface area contributed by atoms with Gasteiger partial charge in [0.25, 0.3) is 0 Å². The number of esters is 1. The van der Waals surface area contributed by atoms with Gasteiger partial charge in [0.2, 0.25) is 0 Å². The van der Waals surface area contributed by atoms with Gasteiger partial charge in [-0.3, -0.25) is 0 Å². The number of carbonyl (C=O) groups excluding carboxylic acids is 1. The van der Waals surface area contributed by atoms with E-state index in [9.17, 15) is 4.79 Å². The molecule has 150 valence electrons. The highest BCUT2D eigenvalue weighted by Gasteiger charge is 2.60. The molecule has 27 heavy (non-hydrogen) atoms. The molecule has 0 radical (unpaired) electrons. The highest BCUT2D eigenvalue weighted by molar-refractivity contribution is 5.88. The van der Waals surface area contributed by atoms with Crippen molar-refractivity contribution in [1.29, 1.82) is 0 Å². The van der Waals surface area contributed by atoms with Crippen molar-refractivity contribution in [3.05, 3.63) is 0 Å². The Morgan fingerprint density at radius 2 is 1.74 bits per heavy atom. The highest BCUT2D eigenvalue weighted by atomic mass is 16.5. The van der Waals surface area contributed by atoms with Crippen molar-refractivity contribution in [2.45, 2.75) is 85.0 Å². The third-order valence-electron chi connectivity index (χ3n) is 9.85. The maximum absolute atomic E-state index is 11.5. The van der Waals surface area contributed by atoms with Crippen molar-refractivity contribution >= 4 is 5.97 Å². The summed E-state index contributed by atoms with van der Waals surface area (Å²) in [5.74, 6) is 10.3. The van der Waals surface area contributed by atoms with E-state index in [-0.39, 0.29) is 5.92 Å². The van der Waals surface area contributed by atoms with E-state index in [1.807, 2.05) is 0 Å². The smallest absolute Gasteiger partial charge is 0.384 e. The summed E-state index contributed by atoms with van der Waals surface area (Å²) in [6.45, 7) is 7.46. The summed E-state index contributed by atoms with van der Waals surface area (Å²) in [5.41, 5.74) is 1.04. The Labute approximate surface area is 166 Å². The molecule has 0 spiro atoms. The second-order valence-corrected chi connectivity index (χ2v) is 10.7. The minimum Gasteiger partial charge on any atom is -0.459 e. The lowest BCUT2D eigenvalue weighted by atomic mass is 9.44. The molecule has 0 aromatic heterocycles. The van der Waals surface area contributed by atoms with Crippen LogP contribution < -0.4 is 0 Å². The van der Waals surface area contributed by atoms with Crippen LogP contribution in [-0.4, -0.2) is 13.1 Å². The number of rotatable bonds is 1. The Kier molecular flexibility index (Phi) is 5.11. The summed E-state index contributed by atoms with van der Waals surface area (Å²) in [6.07, 6.45) is 14.3. The van der Waals surface area contributed by atoms with E-state index in [1.165, 1.54) is 71.3 Å². The molecule has 2 heteroatoms. The van der Waals surface area contributed by atoms with Crippen molar-refractivity contribution in [1.82, 2.24) is 0 Å². The molecule has 4 aliphatic rings. The van der Waals surface area contributed by atoms with Crippen LogP contribution in [0.2, 0.25) is 0 Å². The molecule has 4 aliphatic carbocycles. The van der Waals surface area contributed by atoms with E-state index in [1.54, 1.807) is 0 Å². The second-order valence-electron chi connectivity index (χ2n) is 10.7. The zero-order chi connectivity index (χ0) is 19.2. The topological polar surface area (TPSA) is 26.3 Å². The van der Waals surface area contributed by atoms with E-state index >= 15 is 0 Å². The summed E-state index contributed by atoms with van der Waals surface area (Å²) in [6, 6.07) is 0. The molecule has 4 rings (SSSR count). The normalized spacial score (nSPS) is 46.9. The Bertz CT molecular complexity index is 642. The van der Waals surface area contributed by atoms with Gasteiger partial charge in [0.1, 0.15) is 0 Å². The fraction of sp³-hybridized carbons (Fsp3) is 0.880. The quantitative estimate of drug-likeness (QED) is 0.329. The molecule has 0 aliphatic heterocycles. The number of carbonyl (C=O) groups is 1. The van der Waals surface area contributed by atoms with Crippen molar-refractivity contribution in [2.75, 3.05) is 7.11 Å². The molecule has 0 saturated heterocycles. The van der Waals surface area contributed by atoms with E-state index in [0.717, 1.165) is 23.7 Å². The van der Waals surface area contributed by atoms with E-state index in [4.69, 9.17) is 4.74 Å². The molecule has 0 aromatic rings. The van der Waals surface area contributed by atoms with Gasteiger partial charge in [-0.2, -0.15) is 0 Å². The van der Waals surface area contributed by atoms with Gasteiger partial charge >= 0.3 is 5.97 Å². The third kappa shape index (κ3) is 3.04.